The van der Waals surface area contributed by atoms with Crippen LogP contribution in [0.15, 0.2) is 53.4 Å². The topological polar surface area (TPSA) is 90.4 Å². The summed E-state index contributed by atoms with van der Waals surface area (Å²) in [5.74, 6) is 0. The molecule has 0 atom stereocenters. The van der Waals surface area contributed by atoms with Crippen LogP contribution in [-0.2, 0) is 10.0 Å². The first-order valence-electron chi connectivity index (χ1n) is 9.55. The van der Waals surface area contributed by atoms with Crippen molar-refractivity contribution in [1.29, 1.82) is 5.26 Å². The van der Waals surface area contributed by atoms with Gasteiger partial charge in [0.25, 0.3) is 0 Å². The number of fused-ring (bicyclic) bond motifs is 1. The third-order valence-corrected chi connectivity index (χ3v) is 7.20. The number of likely N-dealkylation sites (N-methyl/N-ethyl adjacent to an activating group) is 1. The predicted octanol–water partition coefficient (Wildman–Crippen LogP) is 3.47. The average molecular weight is 439 g/mol. The molecule has 1 aromatic heterocycles. The van der Waals surface area contributed by atoms with Gasteiger partial charge < -0.3 is 9.80 Å². The third-order valence-electron chi connectivity index (χ3n) is 5.29. The van der Waals surface area contributed by atoms with Crippen LogP contribution in [0, 0.1) is 11.3 Å². The van der Waals surface area contributed by atoms with Gasteiger partial charge in [-0.2, -0.15) is 5.26 Å². The maximum atomic E-state index is 11.4. The molecule has 0 spiro atoms. The van der Waals surface area contributed by atoms with Gasteiger partial charge in [-0.05, 0) is 59.8 Å². The SMILES string of the molecule is CN1CCN(c2ccc3cc(-c4ccc(C=C(C#N)S(N)(=O)=O)s4)ccc3c2)CC1. The first kappa shape index (κ1) is 20.6. The molecule has 1 saturated heterocycles. The van der Waals surface area contributed by atoms with Crippen molar-refractivity contribution in [3.63, 3.8) is 0 Å². The third kappa shape index (κ3) is 4.40. The summed E-state index contributed by atoms with van der Waals surface area (Å²) < 4.78 is 22.9. The van der Waals surface area contributed by atoms with E-state index in [1.54, 1.807) is 12.1 Å². The van der Waals surface area contributed by atoms with Crippen LogP contribution in [0.2, 0.25) is 0 Å². The molecule has 2 heterocycles. The van der Waals surface area contributed by atoms with E-state index >= 15 is 0 Å². The number of piperazine rings is 1. The van der Waals surface area contributed by atoms with Gasteiger partial charge in [-0.3, -0.25) is 0 Å². The van der Waals surface area contributed by atoms with E-state index in [1.807, 2.05) is 6.07 Å². The number of thiophene rings is 1. The van der Waals surface area contributed by atoms with Crippen LogP contribution in [0.1, 0.15) is 4.88 Å². The number of hydrogen-bond acceptors (Lipinski definition) is 6. The first-order valence-corrected chi connectivity index (χ1v) is 11.9. The lowest BCUT2D eigenvalue weighted by Crippen LogP contribution is -2.44. The van der Waals surface area contributed by atoms with Crippen LogP contribution in [0.4, 0.5) is 5.69 Å². The molecule has 0 saturated carbocycles. The number of nitriles is 1. The Hall–Kier alpha value is -2.70. The van der Waals surface area contributed by atoms with Crippen LogP contribution in [0.5, 0.6) is 0 Å². The molecule has 1 fully saturated rings. The highest BCUT2D eigenvalue weighted by Gasteiger charge is 2.15. The van der Waals surface area contributed by atoms with Crippen LogP contribution in [0.3, 0.4) is 0 Å². The second kappa shape index (κ2) is 8.20. The predicted molar refractivity (Wildman–Crippen MR) is 124 cm³/mol. The molecule has 2 aromatic carbocycles. The summed E-state index contributed by atoms with van der Waals surface area (Å²) in [7, 11) is -1.86. The fraction of sp³-hybridized carbons (Fsp3) is 0.227. The molecule has 0 aliphatic carbocycles. The zero-order valence-corrected chi connectivity index (χ0v) is 18.2. The Bertz CT molecular complexity index is 1260. The van der Waals surface area contributed by atoms with Crippen LogP contribution in [-0.4, -0.2) is 46.5 Å². The molecular weight excluding hydrogens is 416 g/mol. The Morgan fingerprint density at radius 1 is 1.07 bits per heavy atom. The largest absolute Gasteiger partial charge is 0.369 e. The second-order valence-corrected chi connectivity index (χ2v) is 10.0. The zero-order valence-electron chi connectivity index (χ0n) is 16.6. The van der Waals surface area contributed by atoms with Gasteiger partial charge >= 0.3 is 0 Å². The Kier molecular flexibility index (Phi) is 5.62. The van der Waals surface area contributed by atoms with Gasteiger partial charge in [-0.25, -0.2) is 13.6 Å². The summed E-state index contributed by atoms with van der Waals surface area (Å²) in [5.41, 5.74) is 2.30. The molecule has 3 aromatic rings. The standard InChI is InChI=1S/C22H22N4O2S2/c1-25-8-10-26(11-9-25)19-5-4-16-12-18(3-2-17(16)13-19)22-7-6-20(29-22)14-21(15-23)30(24,27)28/h2-7,12-14H,8-11H2,1H3,(H2,24,27,28). The zero-order chi connectivity index (χ0) is 21.3. The molecular formula is C22H22N4O2S2. The van der Waals surface area contributed by atoms with Crippen molar-refractivity contribution in [2.24, 2.45) is 5.14 Å². The number of anilines is 1. The first-order chi connectivity index (χ1) is 14.3. The summed E-state index contributed by atoms with van der Waals surface area (Å²) in [4.78, 5) is 5.99. The summed E-state index contributed by atoms with van der Waals surface area (Å²) in [6.45, 7) is 4.22. The van der Waals surface area contributed by atoms with Crippen LogP contribution in [0.25, 0.3) is 27.3 Å². The van der Waals surface area contributed by atoms with Crippen molar-refractivity contribution in [2.75, 3.05) is 38.1 Å². The molecule has 0 radical (unpaired) electrons. The van der Waals surface area contributed by atoms with E-state index in [0.717, 1.165) is 42.0 Å². The Labute approximate surface area is 180 Å². The molecule has 30 heavy (non-hydrogen) atoms. The summed E-state index contributed by atoms with van der Waals surface area (Å²) >= 11 is 1.42. The molecule has 0 amide bonds. The minimum atomic E-state index is -4.01. The van der Waals surface area contributed by atoms with E-state index in [1.165, 1.54) is 28.5 Å². The lowest BCUT2D eigenvalue weighted by Gasteiger charge is -2.34. The van der Waals surface area contributed by atoms with Crippen molar-refractivity contribution in [3.8, 4) is 16.5 Å². The molecule has 0 bridgehead atoms. The molecule has 6 nitrogen and oxygen atoms in total. The molecule has 8 heteroatoms. The maximum absolute atomic E-state index is 11.4. The summed E-state index contributed by atoms with van der Waals surface area (Å²) in [6.07, 6.45) is 1.31. The van der Waals surface area contributed by atoms with E-state index in [2.05, 4.69) is 53.2 Å². The monoisotopic (exact) mass is 438 g/mol. The highest BCUT2D eigenvalue weighted by atomic mass is 32.2. The minimum absolute atomic E-state index is 0.439. The molecule has 1 aliphatic rings. The summed E-state index contributed by atoms with van der Waals surface area (Å²) in [6, 6.07) is 18.2. The number of primary sulfonamides is 1. The lowest BCUT2D eigenvalue weighted by atomic mass is 10.0. The number of nitrogens with two attached hydrogens (primary N) is 1. The number of hydrogen-bond donors (Lipinski definition) is 1. The van der Waals surface area contributed by atoms with E-state index in [4.69, 9.17) is 10.4 Å². The molecule has 154 valence electrons. The highest BCUT2D eigenvalue weighted by Crippen LogP contribution is 2.33. The van der Waals surface area contributed by atoms with Crippen molar-refractivity contribution in [1.82, 2.24) is 4.90 Å². The number of nitrogens with zero attached hydrogens (tertiary/aromatic N) is 3. The van der Waals surface area contributed by atoms with Gasteiger partial charge in [-0.1, -0.05) is 18.2 Å². The number of allylic oxidation sites excluding steroid dienone is 1. The number of sulfonamides is 1. The molecule has 0 unspecified atom stereocenters. The smallest absolute Gasteiger partial charge is 0.248 e. The van der Waals surface area contributed by atoms with E-state index in [-0.39, 0.29) is 0 Å². The Morgan fingerprint density at radius 2 is 1.77 bits per heavy atom. The highest BCUT2D eigenvalue weighted by molar-refractivity contribution is 7.93. The minimum Gasteiger partial charge on any atom is -0.369 e. The normalized spacial score (nSPS) is 16.0. The molecule has 2 N–H and O–H groups in total. The van der Waals surface area contributed by atoms with E-state index < -0.39 is 14.9 Å². The van der Waals surface area contributed by atoms with Gasteiger partial charge in [0.1, 0.15) is 6.07 Å². The van der Waals surface area contributed by atoms with Gasteiger partial charge in [0, 0.05) is 41.6 Å². The maximum Gasteiger partial charge on any atom is 0.248 e. The summed E-state index contributed by atoms with van der Waals surface area (Å²) in [5, 5.41) is 16.4. The van der Waals surface area contributed by atoms with Gasteiger partial charge in [0.15, 0.2) is 4.91 Å². The van der Waals surface area contributed by atoms with E-state index in [0.29, 0.717) is 4.88 Å². The second-order valence-electron chi connectivity index (χ2n) is 7.40. The van der Waals surface area contributed by atoms with Gasteiger partial charge in [-0.15, -0.1) is 11.3 Å². The van der Waals surface area contributed by atoms with Crippen LogP contribution >= 0.6 is 11.3 Å². The van der Waals surface area contributed by atoms with Gasteiger partial charge in [0.2, 0.25) is 10.0 Å². The number of benzene rings is 2. The quantitative estimate of drug-likeness (QED) is 0.630. The van der Waals surface area contributed by atoms with Crippen molar-refractivity contribution < 1.29 is 8.42 Å². The fourth-order valence-corrected chi connectivity index (χ4v) is 4.98. The van der Waals surface area contributed by atoms with Crippen LogP contribution < -0.4 is 10.0 Å². The Balaban J connectivity index is 1.60. The number of rotatable bonds is 4. The van der Waals surface area contributed by atoms with E-state index in [9.17, 15) is 8.42 Å². The lowest BCUT2D eigenvalue weighted by molar-refractivity contribution is 0.313. The average Bonchev–Trinajstić information content (AvgIpc) is 3.20. The van der Waals surface area contributed by atoms with Crippen molar-refractivity contribution in [3.05, 3.63) is 58.3 Å². The Morgan fingerprint density at radius 3 is 2.47 bits per heavy atom. The van der Waals surface area contributed by atoms with Crippen molar-refractivity contribution in [2.45, 2.75) is 0 Å². The molecule has 4 rings (SSSR count). The molecule has 1 aliphatic heterocycles. The van der Waals surface area contributed by atoms with Gasteiger partial charge in [0.05, 0.1) is 0 Å². The fourth-order valence-electron chi connectivity index (χ4n) is 3.54. The van der Waals surface area contributed by atoms with Crippen molar-refractivity contribution >= 4 is 43.9 Å².